The van der Waals surface area contributed by atoms with E-state index in [-0.39, 0.29) is 5.41 Å². The molecule has 0 fully saturated rings. The molecule has 0 saturated carbocycles. The van der Waals surface area contributed by atoms with Crippen molar-refractivity contribution < 1.29 is 0 Å². The van der Waals surface area contributed by atoms with Gasteiger partial charge in [-0.3, -0.25) is 4.57 Å². The molecule has 4 heteroatoms. The minimum Gasteiger partial charge on any atom is -0.309 e. The van der Waals surface area contributed by atoms with Crippen LogP contribution < -0.4 is 0 Å². The van der Waals surface area contributed by atoms with Crippen LogP contribution in [-0.4, -0.2) is 19.1 Å². The molecule has 0 spiro atoms. The third-order valence-electron chi connectivity index (χ3n) is 12.5. The summed E-state index contributed by atoms with van der Waals surface area (Å²) >= 11 is 0. The summed E-state index contributed by atoms with van der Waals surface area (Å²) in [5.41, 5.74) is 17.1. The molecule has 278 valence electrons. The van der Waals surface area contributed by atoms with Gasteiger partial charge in [0.2, 0.25) is 5.95 Å². The van der Waals surface area contributed by atoms with Crippen molar-refractivity contribution in [3.63, 3.8) is 0 Å². The SMILES string of the molecule is CC1(C)c2ccccc2-c2ccc(-c3nc(-n4c5ccccc5c5ccc6c(c(-c7ccccc7)c(-c7ccccc7)n6-c6ccccc6)c54)nc4ccccc34)cc21. The maximum atomic E-state index is 5.64. The average molecular weight is 755 g/mol. The number of hydrogen-bond acceptors (Lipinski definition) is 2. The van der Waals surface area contributed by atoms with Crippen LogP contribution in [0.2, 0.25) is 0 Å². The van der Waals surface area contributed by atoms with E-state index in [9.17, 15) is 0 Å². The zero-order chi connectivity index (χ0) is 39.2. The summed E-state index contributed by atoms with van der Waals surface area (Å²) in [7, 11) is 0. The molecule has 11 aromatic rings. The Bertz CT molecular complexity index is 3450. The van der Waals surface area contributed by atoms with Crippen LogP contribution in [0.4, 0.5) is 0 Å². The molecule has 8 aromatic carbocycles. The van der Waals surface area contributed by atoms with E-state index >= 15 is 0 Å². The first kappa shape index (κ1) is 33.6. The molecule has 59 heavy (non-hydrogen) atoms. The third kappa shape index (κ3) is 4.90. The van der Waals surface area contributed by atoms with E-state index in [1.54, 1.807) is 0 Å². The zero-order valence-corrected chi connectivity index (χ0v) is 32.8. The Kier molecular flexibility index (Phi) is 7.24. The predicted molar refractivity (Wildman–Crippen MR) is 245 cm³/mol. The molecular weight excluding hydrogens is 717 g/mol. The second-order valence-electron chi connectivity index (χ2n) is 16.2. The van der Waals surface area contributed by atoms with Crippen LogP contribution in [0, 0.1) is 0 Å². The zero-order valence-electron chi connectivity index (χ0n) is 32.8. The Balaban J connectivity index is 1.22. The molecule has 0 aliphatic heterocycles. The highest BCUT2D eigenvalue weighted by Gasteiger charge is 2.35. The number of aromatic nitrogens is 4. The second kappa shape index (κ2) is 12.7. The second-order valence-corrected chi connectivity index (χ2v) is 16.2. The maximum absolute atomic E-state index is 5.64. The van der Waals surface area contributed by atoms with Crippen molar-refractivity contribution in [1.82, 2.24) is 19.1 Å². The maximum Gasteiger partial charge on any atom is 0.235 e. The van der Waals surface area contributed by atoms with Crippen molar-refractivity contribution in [2.45, 2.75) is 19.3 Å². The first-order valence-corrected chi connectivity index (χ1v) is 20.3. The fourth-order valence-electron chi connectivity index (χ4n) is 9.87. The summed E-state index contributed by atoms with van der Waals surface area (Å²) in [6.45, 7) is 4.67. The van der Waals surface area contributed by atoms with Gasteiger partial charge in [0, 0.05) is 43.8 Å². The van der Waals surface area contributed by atoms with Gasteiger partial charge in [0.1, 0.15) is 0 Å². The summed E-state index contributed by atoms with van der Waals surface area (Å²) < 4.78 is 4.76. The summed E-state index contributed by atoms with van der Waals surface area (Å²) in [5, 5.41) is 4.50. The standard InChI is InChI=1S/C55H38N4/c1-55(2)44-27-15-12-24-39(44)40-31-30-37(34-45(40)55)51-43-26-13-16-28-46(43)56-54(57-51)59-47-29-17-14-25-41(47)42-32-33-48-50(53(42)59)49(35-18-6-3-7-19-35)52(36-20-8-4-9-21-36)58(48)38-22-10-5-11-23-38/h3-34H,1-2H3. The quantitative estimate of drug-likeness (QED) is 0.175. The molecule has 1 aliphatic rings. The van der Waals surface area contributed by atoms with Gasteiger partial charge in [-0.05, 0) is 69.8 Å². The van der Waals surface area contributed by atoms with Gasteiger partial charge < -0.3 is 4.57 Å². The summed E-state index contributed by atoms with van der Waals surface area (Å²) in [6, 6.07) is 69.9. The fourth-order valence-corrected chi connectivity index (χ4v) is 9.87. The van der Waals surface area contributed by atoms with E-state index in [4.69, 9.17) is 9.97 Å². The summed E-state index contributed by atoms with van der Waals surface area (Å²) in [6.07, 6.45) is 0. The highest BCUT2D eigenvalue weighted by atomic mass is 15.2. The van der Waals surface area contributed by atoms with Crippen molar-refractivity contribution >= 4 is 43.6 Å². The van der Waals surface area contributed by atoms with E-state index in [1.165, 1.54) is 27.8 Å². The largest absolute Gasteiger partial charge is 0.309 e. The van der Waals surface area contributed by atoms with Gasteiger partial charge in [-0.15, -0.1) is 0 Å². The Morgan fingerprint density at radius 3 is 1.88 bits per heavy atom. The molecule has 3 heterocycles. The van der Waals surface area contributed by atoms with Crippen molar-refractivity contribution in [3.05, 3.63) is 205 Å². The topological polar surface area (TPSA) is 35.6 Å². The van der Waals surface area contributed by atoms with Gasteiger partial charge in [-0.2, -0.15) is 0 Å². The van der Waals surface area contributed by atoms with E-state index in [1.807, 2.05) is 0 Å². The Hall–Kier alpha value is -7.56. The molecule has 4 nitrogen and oxygen atoms in total. The first-order chi connectivity index (χ1) is 29.1. The molecule has 0 bridgehead atoms. The number of fused-ring (bicyclic) bond motifs is 9. The lowest BCUT2D eigenvalue weighted by Gasteiger charge is -2.22. The number of hydrogen-bond donors (Lipinski definition) is 0. The molecule has 0 unspecified atom stereocenters. The number of nitrogens with zero attached hydrogens (tertiary/aromatic N) is 4. The van der Waals surface area contributed by atoms with Gasteiger partial charge in [0.25, 0.3) is 0 Å². The smallest absolute Gasteiger partial charge is 0.235 e. The minimum atomic E-state index is -0.137. The Morgan fingerprint density at radius 1 is 0.441 bits per heavy atom. The van der Waals surface area contributed by atoms with E-state index in [0.29, 0.717) is 5.95 Å². The molecule has 12 rings (SSSR count). The third-order valence-corrected chi connectivity index (χ3v) is 12.5. The number of para-hydroxylation sites is 3. The Labute approximate surface area is 342 Å². The first-order valence-electron chi connectivity index (χ1n) is 20.3. The van der Waals surface area contributed by atoms with Crippen LogP contribution in [0.15, 0.2) is 194 Å². The van der Waals surface area contributed by atoms with Crippen LogP contribution in [0.5, 0.6) is 0 Å². The summed E-state index contributed by atoms with van der Waals surface area (Å²) in [4.78, 5) is 11.1. The highest BCUT2D eigenvalue weighted by molar-refractivity contribution is 6.24. The highest BCUT2D eigenvalue weighted by Crippen LogP contribution is 2.51. The van der Waals surface area contributed by atoms with Crippen molar-refractivity contribution in [2.24, 2.45) is 0 Å². The number of benzene rings is 8. The molecule has 0 radical (unpaired) electrons. The Morgan fingerprint density at radius 2 is 1.08 bits per heavy atom. The molecular formula is C55H38N4. The molecule has 0 amide bonds. The molecule has 0 saturated heterocycles. The van der Waals surface area contributed by atoms with Gasteiger partial charge in [0.05, 0.1) is 33.5 Å². The van der Waals surface area contributed by atoms with Crippen molar-refractivity contribution in [1.29, 1.82) is 0 Å². The van der Waals surface area contributed by atoms with E-state index in [0.717, 1.165) is 77.4 Å². The normalized spacial score (nSPS) is 13.1. The van der Waals surface area contributed by atoms with Crippen LogP contribution in [0.1, 0.15) is 25.0 Å². The molecule has 3 aromatic heterocycles. The van der Waals surface area contributed by atoms with Gasteiger partial charge in [-0.1, -0.05) is 172 Å². The molecule has 0 N–H and O–H groups in total. The number of rotatable bonds is 5. The lowest BCUT2D eigenvalue weighted by atomic mass is 9.82. The summed E-state index contributed by atoms with van der Waals surface area (Å²) in [5.74, 6) is 0.646. The lowest BCUT2D eigenvalue weighted by molar-refractivity contribution is 0.660. The van der Waals surface area contributed by atoms with Crippen LogP contribution in [-0.2, 0) is 5.41 Å². The van der Waals surface area contributed by atoms with Crippen LogP contribution in [0.3, 0.4) is 0 Å². The fraction of sp³-hybridized carbons (Fsp3) is 0.0545. The van der Waals surface area contributed by atoms with Crippen molar-refractivity contribution in [2.75, 3.05) is 0 Å². The van der Waals surface area contributed by atoms with Gasteiger partial charge in [-0.25, -0.2) is 9.97 Å². The monoisotopic (exact) mass is 754 g/mol. The van der Waals surface area contributed by atoms with E-state index < -0.39 is 0 Å². The average Bonchev–Trinajstić information content (AvgIpc) is 3.90. The van der Waals surface area contributed by atoms with Crippen molar-refractivity contribution in [3.8, 4) is 56.4 Å². The molecule has 0 atom stereocenters. The van der Waals surface area contributed by atoms with Gasteiger partial charge in [0.15, 0.2) is 0 Å². The lowest BCUT2D eigenvalue weighted by Crippen LogP contribution is -2.15. The molecule has 1 aliphatic carbocycles. The van der Waals surface area contributed by atoms with Crippen LogP contribution >= 0.6 is 0 Å². The van der Waals surface area contributed by atoms with E-state index in [2.05, 4.69) is 217 Å². The van der Waals surface area contributed by atoms with Gasteiger partial charge >= 0.3 is 0 Å². The predicted octanol–water partition coefficient (Wildman–Crippen LogP) is 14.0. The van der Waals surface area contributed by atoms with Crippen LogP contribution in [0.25, 0.3) is 100 Å². The minimum absolute atomic E-state index is 0.137.